The van der Waals surface area contributed by atoms with Crippen molar-refractivity contribution < 1.29 is 18.7 Å². The Bertz CT molecular complexity index is 1150. The second-order valence-corrected chi connectivity index (χ2v) is 9.02. The molecule has 202 valence electrons. The molecular weight excluding hydrogens is 505 g/mol. The molecule has 3 heterocycles. The highest BCUT2D eigenvalue weighted by Crippen LogP contribution is 2.22. The fourth-order valence-electron chi connectivity index (χ4n) is 3.17. The fraction of sp³-hybridized carbons (Fsp3) is 0.286. The Balaban J connectivity index is 0.000000194. The van der Waals surface area contributed by atoms with E-state index in [0.717, 1.165) is 37.0 Å². The zero-order valence-electron chi connectivity index (χ0n) is 21.9. The number of carbonyl (C=O) groups is 2. The minimum absolute atomic E-state index is 0.218. The van der Waals surface area contributed by atoms with Crippen LogP contribution in [0.15, 0.2) is 78.0 Å². The quantitative estimate of drug-likeness (QED) is 0.325. The maximum atomic E-state index is 12.7. The number of likely N-dealkylation sites (N-methyl/N-ethyl adjacent to an activating group) is 1. The topological polar surface area (TPSA) is 89.4 Å². The van der Waals surface area contributed by atoms with Gasteiger partial charge in [0.1, 0.15) is 42.5 Å². The van der Waals surface area contributed by atoms with Crippen LogP contribution >= 0.6 is 11.3 Å². The number of likely N-dealkylation sites (tertiary alicyclic amines) is 1. The van der Waals surface area contributed by atoms with Crippen LogP contribution in [0.5, 0.6) is 11.5 Å². The lowest BCUT2D eigenvalue weighted by Crippen LogP contribution is -2.25. The molecule has 0 spiro atoms. The van der Waals surface area contributed by atoms with Crippen LogP contribution in [0, 0.1) is 12.7 Å². The number of aromatic nitrogens is 3. The number of anilines is 1. The van der Waals surface area contributed by atoms with Crippen LogP contribution < -0.4 is 10.1 Å². The first-order valence-electron chi connectivity index (χ1n) is 12.1. The summed E-state index contributed by atoms with van der Waals surface area (Å²) >= 11 is 1.74. The molecule has 10 heteroatoms. The van der Waals surface area contributed by atoms with Crippen LogP contribution in [0.4, 0.5) is 10.1 Å². The van der Waals surface area contributed by atoms with Gasteiger partial charge in [-0.15, -0.1) is 0 Å². The molecule has 4 aromatic rings. The first-order chi connectivity index (χ1) is 18.4. The molecule has 38 heavy (non-hydrogen) atoms. The summed E-state index contributed by atoms with van der Waals surface area (Å²) in [6, 6.07) is 15.8. The van der Waals surface area contributed by atoms with Gasteiger partial charge >= 0.3 is 0 Å². The molecule has 2 aromatic heterocycles. The number of benzene rings is 2. The molecule has 5 rings (SSSR count). The van der Waals surface area contributed by atoms with Gasteiger partial charge in [-0.05, 0) is 104 Å². The fourth-order valence-corrected chi connectivity index (χ4v) is 3.84. The van der Waals surface area contributed by atoms with E-state index in [1.165, 1.54) is 41.5 Å². The highest BCUT2D eigenvalue weighted by molar-refractivity contribution is 7.07. The number of thiophene rings is 1. The molecule has 0 radical (unpaired) electrons. The van der Waals surface area contributed by atoms with Crippen molar-refractivity contribution in [3.05, 3.63) is 89.4 Å². The summed E-state index contributed by atoms with van der Waals surface area (Å²) in [5.74, 6) is 1.09. The van der Waals surface area contributed by atoms with E-state index in [1.807, 2.05) is 38.4 Å². The summed E-state index contributed by atoms with van der Waals surface area (Å²) in [6.45, 7) is 3.47. The van der Waals surface area contributed by atoms with Gasteiger partial charge in [0.25, 0.3) is 0 Å². The summed E-state index contributed by atoms with van der Waals surface area (Å²) in [6.07, 6.45) is 6.93. The zero-order valence-corrected chi connectivity index (χ0v) is 22.7. The molecule has 1 aliphatic rings. The Morgan fingerprint density at radius 3 is 2.18 bits per heavy atom. The van der Waals surface area contributed by atoms with Crippen LogP contribution in [0.2, 0.25) is 0 Å². The molecule has 2 aromatic carbocycles. The van der Waals surface area contributed by atoms with Crippen LogP contribution in [0.1, 0.15) is 18.4 Å². The Labute approximate surface area is 227 Å². The smallest absolute Gasteiger partial charge is 0.141 e. The lowest BCUT2D eigenvalue weighted by molar-refractivity contribution is -0.111. The second-order valence-electron chi connectivity index (χ2n) is 8.24. The van der Waals surface area contributed by atoms with Crippen LogP contribution in [0.3, 0.4) is 0 Å². The van der Waals surface area contributed by atoms with Gasteiger partial charge in [0.05, 0.1) is 12.6 Å². The van der Waals surface area contributed by atoms with Gasteiger partial charge in [0, 0.05) is 12.7 Å². The summed E-state index contributed by atoms with van der Waals surface area (Å²) < 4.78 is 19.7. The van der Waals surface area contributed by atoms with Gasteiger partial charge in [0.15, 0.2) is 0 Å². The van der Waals surface area contributed by atoms with Crippen molar-refractivity contribution in [3.63, 3.8) is 0 Å². The van der Waals surface area contributed by atoms with Crippen molar-refractivity contribution >= 4 is 29.6 Å². The summed E-state index contributed by atoms with van der Waals surface area (Å²) in [7, 11) is 3.85. The first kappa shape index (κ1) is 30.3. The van der Waals surface area contributed by atoms with Gasteiger partial charge < -0.3 is 19.6 Å². The van der Waals surface area contributed by atoms with Crippen LogP contribution in [-0.2, 0) is 16.1 Å². The highest BCUT2D eigenvalue weighted by atomic mass is 32.1. The number of aryl methyl sites for hydroxylation is 1. The van der Waals surface area contributed by atoms with Crippen LogP contribution in [0.25, 0.3) is 0 Å². The van der Waals surface area contributed by atoms with Crippen LogP contribution in [-0.4, -0.2) is 58.9 Å². The Morgan fingerprint density at radius 2 is 1.79 bits per heavy atom. The standard InChI is InChI=1S/C13H12FNO.C6H11NO.C5H6S.C4H5N3O/c1-15-11-4-8-13(9-5-11)16-12-6-2-10(14)3-7-12;1-7-4-2-3-6(7)5-8;1-5-2-3-6-4-5;8-2-1-7-4-5-3-6-7/h2-9,15H,1H3;5-6H,2-4H2,1H3;2-4H,1H3;2-4H,1H2. The van der Waals surface area contributed by atoms with E-state index in [-0.39, 0.29) is 11.9 Å². The number of halogens is 1. The molecule has 0 amide bonds. The van der Waals surface area contributed by atoms with Gasteiger partial charge in [-0.25, -0.2) is 14.1 Å². The van der Waals surface area contributed by atoms with E-state index < -0.39 is 0 Å². The number of hydrogen-bond acceptors (Lipinski definition) is 8. The molecule has 0 aliphatic carbocycles. The third-order valence-electron chi connectivity index (χ3n) is 5.32. The maximum absolute atomic E-state index is 12.7. The van der Waals surface area contributed by atoms with Gasteiger partial charge in [-0.2, -0.15) is 16.4 Å². The largest absolute Gasteiger partial charge is 0.457 e. The van der Waals surface area contributed by atoms with Crippen molar-refractivity contribution in [2.24, 2.45) is 0 Å². The molecule has 1 aliphatic heterocycles. The van der Waals surface area contributed by atoms with Gasteiger partial charge in [-0.1, -0.05) is 0 Å². The molecule has 0 saturated carbocycles. The van der Waals surface area contributed by atoms with E-state index in [9.17, 15) is 14.0 Å². The normalized spacial score (nSPS) is 13.9. The van der Waals surface area contributed by atoms with Crippen molar-refractivity contribution in [3.8, 4) is 11.5 Å². The Kier molecular flexibility index (Phi) is 14.0. The van der Waals surface area contributed by atoms with Crippen molar-refractivity contribution in [1.29, 1.82) is 0 Å². The number of rotatable bonds is 6. The number of carbonyl (C=O) groups excluding carboxylic acids is 2. The molecule has 1 unspecified atom stereocenters. The van der Waals surface area contributed by atoms with E-state index in [2.05, 4.69) is 44.0 Å². The molecular formula is C28H34FN5O3S. The molecule has 1 saturated heterocycles. The Hall–Kier alpha value is -3.89. The zero-order chi connectivity index (χ0) is 27.6. The van der Waals surface area contributed by atoms with E-state index in [4.69, 9.17) is 4.74 Å². The lowest BCUT2D eigenvalue weighted by Gasteiger charge is -2.10. The van der Waals surface area contributed by atoms with Crippen molar-refractivity contribution in [2.75, 3.05) is 26.0 Å². The SMILES string of the molecule is CN1CCCC1C=O.CNc1ccc(Oc2ccc(F)cc2)cc1.Cc1ccsc1.O=CCn1cncn1. The monoisotopic (exact) mass is 539 g/mol. The van der Waals surface area contributed by atoms with Crippen molar-refractivity contribution in [2.45, 2.75) is 32.4 Å². The highest BCUT2D eigenvalue weighted by Gasteiger charge is 2.18. The number of nitrogens with one attached hydrogen (secondary N) is 1. The van der Waals surface area contributed by atoms with E-state index >= 15 is 0 Å². The molecule has 1 N–H and O–H groups in total. The average Bonchev–Trinajstić information content (AvgIpc) is 3.72. The lowest BCUT2D eigenvalue weighted by atomic mass is 10.2. The first-order valence-corrected chi connectivity index (χ1v) is 13.0. The predicted octanol–water partition coefficient (Wildman–Crippen LogP) is 5.47. The van der Waals surface area contributed by atoms with E-state index in [1.54, 1.807) is 23.5 Å². The second kappa shape index (κ2) is 17.5. The molecule has 0 bridgehead atoms. The number of aldehydes is 2. The summed E-state index contributed by atoms with van der Waals surface area (Å²) in [5, 5.41) is 10.9. The van der Waals surface area contributed by atoms with Gasteiger partial charge in [0.2, 0.25) is 0 Å². The molecule has 8 nitrogen and oxygen atoms in total. The predicted molar refractivity (Wildman–Crippen MR) is 149 cm³/mol. The van der Waals surface area contributed by atoms with Gasteiger partial charge in [-0.3, -0.25) is 4.90 Å². The minimum Gasteiger partial charge on any atom is -0.457 e. The third kappa shape index (κ3) is 11.9. The van der Waals surface area contributed by atoms with E-state index in [0.29, 0.717) is 12.3 Å². The van der Waals surface area contributed by atoms with Crippen molar-refractivity contribution in [1.82, 2.24) is 19.7 Å². The number of nitrogens with zero attached hydrogens (tertiary/aromatic N) is 4. The summed E-state index contributed by atoms with van der Waals surface area (Å²) in [4.78, 5) is 25.7. The summed E-state index contributed by atoms with van der Waals surface area (Å²) in [5.41, 5.74) is 2.38. The minimum atomic E-state index is -0.266. The Morgan fingerprint density at radius 1 is 1.11 bits per heavy atom. The third-order valence-corrected chi connectivity index (χ3v) is 6.12. The molecule has 1 atom stereocenters. The average molecular weight is 540 g/mol. The number of hydrogen-bond donors (Lipinski definition) is 1. The molecule has 1 fully saturated rings. The maximum Gasteiger partial charge on any atom is 0.141 e. The number of ether oxygens (including phenoxy) is 1.